The summed E-state index contributed by atoms with van der Waals surface area (Å²) in [6.45, 7) is -0.574. The molecule has 0 radical (unpaired) electrons. The molecule has 2 rings (SSSR count). The summed E-state index contributed by atoms with van der Waals surface area (Å²) >= 11 is 3.48. The minimum Gasteiger partial charge on any atom is -0.349 e. The predicted molar refractivity (Wildman–Crippen MR) is 109 cm³/mol. The zero-order valence-corrected chi connectivity index (χ0v) is 18.7. The topological polar surface area (TPSA) is 12.5 Å². The quantitative estimate of drug-likeness (QED) is 0.187. The molecule has 0 saturated heterocycles. The van der Waals surface area contributed by atoms with E-state index in [4.69, 9.17) is 12.2 Å². The van der Waals surface area contributed by atoms with Gasteiger partial charge in [-0.3, -0.25) is 4.74 Å². The number of rotatable bonds is 8. The monoisotopic (exact) mass is 557 g/mol. The summed E-state index contributed by atoms with van der Waals surface area (Å²) < 4.78 is 147. The molecule has 0 aliphatic carbocycles. The predicted octanol–water partition coefficient (Wildman–Crippen LogP) is 7.70. The molecule has 1 atom stereocenters. The lowest BCUT2D eigenvalue weighted by molar-refractivity contribution is -0.464. The molecular formula is C20H14F11NOS2. The Morgan fingerprint density at radius 2 is 1.09 bits per heavy atom. The molecular weight excluding hydrogens is 543 g/mol. The first kappa shape index (κ1) is 29.1. The Kier molecular flexibility index (Phi) is 8.70. The average Bonchev–Trinajstić information content (AvgIpc) is 2.72. The summed E-state index contributed by atoms with van der Waals surface area (Å²) in [6.07, 6.45) is -20.5. The minimum atomic E-state index is -7.14. The van der Waals surface area contributed by atoms with Crippen molar-refractivity contribution in [3.8, 4) is 0 Å². The van der Waals surface area contributed by atoms with Crippen LogP contribution in [-0.4, -0.2) is 38.8 Å². The van der Waals surface area contributed by atoms with Crippen LogP contribution in [0.1, 0.15) is 11.1 Å². The van der Waals surface area contributed by atoms with Crippen LogP contribution in [-0.2, 0) is 17.8 Å². The lowest BCUT2D eigenvalue weighted by Crippen LogP contribution is -2.58. The lowest BCUT2D eigenvalue weighted by atomic mass is 10.2. The summed E-state index contributed by atoms with van der Waals surface area (Å²) in [7, 11) is 0. The third-order valence-electron chi connectivity index (χ3n) is 4.23. The molecule has 0 saturated carbocycles. The minimum absolute atomic E-state index is 0.287. The van der Waals surface area contributed by atoms with Crippen LogP contribution in [0.15, 0.2) is 60.7 Å². The number of benzene rings is 2. The molecule has 1 unspecified atom stereocenters. The fraction of sp³-hybridized carbons (Fsp3) is 0.350. The largest absolute Gasteiger partial charge is 0.462 e. The van der Waals surface area contributed by atoms with E-state index < -0.39 is 45.7 Å². The normalized spacial score (nSPS) is 14.9. The molecule has 0 spiro atoms. The van der Waals surface area contributed by atoms with Crippen LogP contribution in [0, 0.1) is 0 Å². The molecule has 2 nitrogen and oxygen atoms in total. The summed E-state index contributed by atoms with van der Waals surface area (Å²) in [5.41, 5.74) is 0.857. The molecule has 2 aromatic rings. The fourth-order valence-corrected chi connectivity index (χ4v) is 3.70. The standard InChI is InChI=1S/C20H14F11NOS2/c21-16(22,17(23,24)25)19(29,30)33-20(31,18(26,27)28)35-15(34)32(11-13-7-3-1-4-8-13)12-14-9-5-2-6-10-14/h1-10H,11-12H2. The van der Waals surface area contributed by atoms with Crippen molar-refractivity contribution in [1.82, 2.24) is 4.90 Å². The van der Waals surface area contributed by atoms with Gasteiger partial charge >= 0.3 is 29.6 Å². The number of thioether (sulfide) groups is 1. The highest BCUT2D eigenvalue weighted by Crippen LogP contribution is 2.54. The molecule has 2 aromatic carbocycles. The van der Waals surface area contributed by atoms with Gasteiger partial charge in [-0.05, 0) is 22.9 Å². The molecule has 194 valence electrons. The van der Waals surface area contributed by atoms with E-state index in [1.54, 1.807) is 36.4 Å². The van der Waals surface area contributed by atoms with Gasteiger partial charge in [0.05, 0.1) is 0 Å². The van der Waals surface area contributed by atoms with E-state index in [2.05, 4.69) is 4.74 Å². The summed E-state index contributed by atoms with van der Waals surface area (Å²) in [4.78, 5) is 0.911. The van der Waals surface area contributed by atoms with Crippen LogP contribution in [0.4, 0.5) is 48.3 Å². The van der Waals surface area contributed by atoms with Gasteiger partial charge in [-0.15, -0.1) is 0 Å². The maximum Gasteiger partial charge on any atom is 0.462 e. The zero-order valence-electron chi connectivity index (χ0n) is 17.0. The Labute approximate surface area is 201 Å². The van der Waals surface area contributed by atoms with Crippen molar-refractivity contribution < 1.29 is 53.0 Å². The number of alkyl halides is 11. The van der Waals surface area contributed by atoms with Gasteiger partial charge in [0.15, 0.2) is 0 Å². The highest BCUT2D eigenvalue weighted by Gasteiger charge is 2.78. The number of hydrogen-bond donors (Lipinski definition) is 0. The van der Waals surface area contributed by atoms with Gasteiger partial charge < -0.3 is 4.90 Å². The van der Waals surface area contributed by atoms with Crippen molar-refractivity contribution in [2.24, 2.45) is 0 Å². The Morgan fingerprint density at radius 3 is 1.43 bits per heavy atom. The van der Waals surface area contributed by atoms with Crippen molar-refractivity contribution in [2.75, 3.05) is 0 Å². The van der Waals surface area contributed by atoms with Crippen LogP contribution in [0.3, 0.4) is 0 Å². The summed E-state index contributed by atoms with van der Waals surface area (Å²) in [6, 6.07) is 15.4. The van der Waals surface area contributed by atoms with Crippen LogP contribution in [0.2, 0.25) is 0 Å². The second-order valence-electron chi connectivity index (χ2n) is 6.92. The van der Waals surface area contributed by atoms with Crippen LogP contribution >= 0.6 is 24.0 Å². The van der Waals surface area contributed by atoms with Gasteiger partial charge in [-0.2, -0.15) is 48.3 Å². The Hall–Kier alpha value is -2.13. The van der Waals surface area contributed by atoms with E-state index in [0.717, 1.165) is 4.90 Å². The molecule has 0 heterocycles. The van der Waals surface area contributed by atoms with E-state index in [1.807, 2.05) is 0 Å². The molecule has 0 amide bonds. The van der Waals surface area contributed by atoms with Gasteiger partial charge in [0.25, 0.3) is 0 Å². The molecule has 0 bridgehead atoms. The van der Waals surface area contributed by atoms with Crippen molar-refractivity contribution in [3.63, 3.8) is 0 Å². The summed E-state index contributed by atoms with van der Waals surface area (Å²) in [5.74, 6) is -7.14. The fourth-order valence-electron chi connectivity index (χ4n) is 2.50. The number of nitrogens with zero attached hydrogens (tertiary/aromatic N) is 1. The number of halogens is 11. The molecule has 15 heteroatoms. The molecule has 35 heavy (non-hydrogen) atoms. The molecule has 0 N–H and O–H groups in total. The third-order valence-corrected chi connectivity index (χ3v) is 5.75. The highest BCUT2D eigenvalue weighted by molar-refractivity contribution is 8.23. The maximum atomic E-state index is 14.7. The van der Waals surface area contributed by atoms with Crippen molar-refractivity contribution in [1.29, 1.82) is 0 Å². The Morgan fingerprint density at radius 1 is 0.686 bits per heavy atom. The second kappa shape index (κ2) is 10.5. The van der Waals surface area contributed by atoms with E-state index in [0.29, 0.717) is 11.1 Å². The SMILES string of the molecule is FC(F)(F)C(F)(OC(F)(F)C(F)(F)C(F)(F)F)SC(=S)N(Cc1ccccc1)Cc1ccccc1. The molecule has 0 aliphatic rings. The lowest BCUT2D eigenvalue weighted by Gasteiger charge is -2.36. The van der Waals surface area contributed by atoms with E-state index in [1.165, 1.54) is 24.3 Å². The summed E-state index contributed by atoms with van der Waals surface area (Å²) in [5, 5.41) is -5.76. The first-order valence-electron chi connectivity index (χ1n) is 9.23. The van der Waals surface area contributed by atoms with Crippen molar-refractivity contribution >= 4 is 28.3 Å². The first-order valence-corrected chi connectivity index (χ1v) is 10.5. The second-order valence-corrected chi connectivity index (χ2v) is 8.68. The molecule has 0 fully saturated rings. The van der Waals surface area contributed by atoms with E-state index >= 15 is 0 Å². The van der Waals surface area contributed by atoms with E-state index in [9.17, 15) is 48.3 Å². The first-order chi connectivity index (χ1) is 15.9. The van der Waals surface area contributed by atoms with Crippen LogP contribution in [0.25, 0.3) is 0 Å². The van der Waals surface area contributed by atoms with Gasteiger partial charge in [-0.1, -0.05) is 72.9 Å². The molecule has 0 aliphatic heterocycles. The van der Waals surface area contributed by atoms with Crippen LogP contribution < -0.4 is 0 Å². The van der Waals surface area contributed by atoms with Crippen LogP contribution in [0.5, 0.6) is 0 Å². The van der Waals surface area contributed by atoms with Gasteiger partial charge in [-0.25, -0.2) is 0 Å². The van der Waals surface area contributed by atoms with Gasteiger partial charge in [0.1, 0.15) is 4.32 Å². The number of thiocarbonyl (C=S) groups is 1. The van der Waals surface area contributed by atoms with Crippen molar-refractivity contribution in [3.05, 3.63) is 71.8 Å². The maximum absolute atomic E-state index is 14.7. The Balaban J connectivity index is 2.39. The zero-order chi connectivity index (χ0) is 26.7. The average molecular weight is 557 g/mol. The number of hydrogen-bond acceptors (Lipinski definition) is 3. The Bertz CT molecular complexity index is 943. The van der Waals surface area contributed by atoms with E-state index in [-0.39, 0.29) is 13.1 Å². The third kappa shape index (κ3) is 6.97. The van der Waals surface area contributed by atoms with Gasteiger partial charge in [0.2, 0.25) is 0 Å². The molecule has 0 aromatic heterocycles. The van der Waals surface area contributed by atoms with Gasteiger partial charge in [0, 0.05) is 13.1 Å². The van der Waals surface area contributed by atoms with Crippen molar-refractivity contribution in [2.45, 2.75) is 42.7 Å². The highest BCUT2D eigenvalue weighted by atomic mass is 32.2. The smallest absolute Gasteiger partial charge is 0.349 e. The number of ether oxygens (including phenoxy) is 1.